The van der Waals surface area contributed by atoms with Gasteiger partial charge in [0.1, 0.15) is 29.6 Å². The van der Waals surface area contributed by atoms with Crippen LogP contribution in [-0.4, -0.2) is 16.2 Å². The highest BCUT2D eigenvalue weighted by molar-refractivity contribution is 6.39. The van der Waals surface area contributed by atoms with Crippen molar-refractivity contribution in [1.29, 1.82) is 0 Å². The van der Waals surface area contributed by atoms with Crippen molar-refractivity contribution in [2.24, 2.45) is 0 Å². The van der Waals surface area contributed by atoms with Gasteiger partial charge in [0.2, 0.25) is 0 Å². The average molecular weight is 557 g/mol. The summed E-state index contributed by atoms with van der Waals surface area (Å²) in [6.45, 7) is 0.168. The highest BCUT2D eigenvalue weighted by Gasteiger charge is 2.33. The number of hydrogen-bond donors (Lipinski definition) is 1. The van der Waals surface area contributed by atoms with Gasteiger partial charge in [0.15, 0.2) is 0 Å². The van der Waals surface area contributed by atoms with Crippen molar-refractivity contribution < 1.29 is 23.6 Å². The van der Waals surface area contributed by atoms with Gasteiger partial charge in [-0.05, 0) is 55.3 Å². The summed E-state index contributed by atoms with van der Waals surface area (Å²) in [7, 11) is 0. The summed E-state index contributed by atoms with van der Waals surface area (Å²) in [4.78, 5) is 11.1. The first-order chi connectivity index (χ1) is 17.8. The predicted octanol–water partition coefficient (Wildman–Crippen LogP) is 8.00. The summed E-state index contributed by atoms with van der Waals surface area (Å²) in [5.41, 5.74) is 2.33. The second-order valence-electron chi connectivity index (χ2n) is 8.43. The molecule has 1 fully saturated rings. The minimum absolute atomic E-state index is 0.168. The van der Waals surface area contributed by atoms with Crippen LogP contribution < -0.4 is 4.74 Å². The number of ether oxygens (including phenoxy) is 1. The molecule has 186 valence electrons. The van der Waals surface area contributed by atoms with E-state index in [1.807, 2.05) is 0 Å². The molecule has 37 heavy (non-hydrogen) atoms. The Hall–Kier alpha value is -3.50. The minimum atomic E-state index is -1.36. The Morgan fingerprint density at radius 2 is 1.81 bits per heavy atom. The Labute approximate surface area is 226 Å². The lowest BCUT2D eigenvalue weighted by Crippen LogP contribution is -2.00. The molecular formula is C28H17Cl3FNO4. The van der Waals surface area contributed by atoms with Gasteiger partial charge in [-0.2, -0.15) is 0 Å². The second-order valence-corrected chi connectivity index (χ2v) is 9.65. The topological polar surface area (TPSA) is 72.6 Å². The fourth-order valence-corrected chi connectivity index (χ4v) is 4.59. The number of aromatic carboxylic acids is 1. The van der Waals surface area contributed by atoms with Crippen molar-refractivity contribution in [1.82, 2.24) is 5.16 Å². The Kier molecular flexibility index (Phi) is 7.12. The number of carboxylic acids is 1. The van der Waals surface area contributed by atoms with E-state index in [-0.39, 0.29) is 12.5 Å². The monoisotopic (exact) mass is 555 g/mol. The summed E-state index contributed by atoms with van der Waals surface area (Å²) in [6.07, 6.45) is 2.03. The third kappa shape index (κ3) is 5.45. The van der Waals surface area contributed by atoms with Crippen molar-refractivity contribution in [2.45, 2.75) is 25.4 Å². The standard InChI is InChI=1S/C28H17Cl3FNO4/c29-21-2-1-3-22(30)25(21)26-20(27(37-33-26)17-7-8-17)14-36-18-10-9-16(23(31)13-18)6-4-15-5-11-24(32)19(12-15)28(34)35/h1-3,5,9-13,17H,7-8,14H2,(H,34,35). The third-order valence-corrected chi connectivity index (χ3v) is 6.77. The van der Waals surface area contributed by atoms with E-state index >= 15 is 0 Å². The Morgan fingerprint density at radius 1 is 1.05 bits per heavy atom. The minimum Gasteiger partial charge on any atom is -0.489 e. The Morgan fingerprint density at radius 3 is 2.49 bits per heavy atom. The molecule has 1 aliphatic rings. The summed E-state index contributed by atoms with van der Waals surface area (Å²) >= 11 is 19.3. The molecule has 0 atom stereocenters. The van der Waals surface area contributed by atoms with E-state index in [0.29, 0.717) is 43.2 Å². The second kappa shape index (κ2) is 10.5. The largest absolute Gasteiger partial charge is 0.489 e. The molecule has 0 amide bonds. The predicted molar refractivity (Wildman–Crippen MR) is 139 cm³/mol. The van der Waals surface area contributed by atoms with Crippen LogP contribution in [0.3, 0.4) is 0 Å². The first-order valence-electron chi connectivity index (χ1n) is 11.2. The lowest BCUT2D eigenvalue weighted by molar-refractivity contribution is 0.0692. The molecule has 0 spiro atoms. The fraction of sp³-hybridized carbons (Fsp3) is 0.143. The molecule has 5 nitrogen and oxygen atoms in total. The molecule has 0 saturated heterocycles. The first-order valence-corrected chi connectivity index (χ1v) is 12.3. The number of rotatable bonds is 6. The zero-order chi connectivity index (χ0) is 26.1. The lowest BCUT2D eigenvalue weighted by Gasteiger charge is -2.10. The molecule has 0 aliphatic heterocycles. The van der Waals surface area contributed by atoms with Crippen LogP contribution >= 0.6 is 34.8 Å². The highest BCUT2D eigenvalue weighted by atomic mass is 35.5. The molecule has 1 heterocycles. The van der Waals surface area contributed by atoms with Crippen molar-refractivity contribution >= 4 is 40.8 Å². The molecule has 0 bridgehead atoms. The van der Waals surface area contributed by atoms with Gasteiger partial charge in [-0.15, -0.1) is 0 Å². The van der Waals surface area contributed by atoms with Gasteiger partial charge in [-0.3, -0.25) is 0 Å². The molecule has 1 saturated carbocycles. The summed E-state index contributed by atoms with van der Waals surface area (Å²) in [6, 6.07) is 13.9. The van der Waals surface area contributed by atoms with E-state index in [1.54, 1.807) is 36.4 Å². The number of nitrogens with zero attached hydrogens (tertiary/aromatic N) is 1. The van der Waals surface area contributed by atoms with Gasteiger partial charge < -0.3 is 14.4 Å². The molecule has 1 N–H and O–H groups in total. The maximum Gasteiger partial charge on any atom is 0.338 e. The maximum absolute atomic E-state index is 13.6. The van der Waals surface area contributed by atoms with E-state index < -0.39 is 17.3 Å². The number of hydrogen-bond acceptors (Lipinski definition) is 4. The number of carboxylic acid groups (broad SMARTS) is 1. The zero-order valence-corrected chi connectivity index (χ0v) is 21.3. The Bertz CT molecular complexity index is 1560. The van der Waals surface area contributed by atoms with Crippen LogP contribution in [0.5, 0.6) is 5.75 Å². The normalized spacial score (nSPS) is 12.6. The van der Waals surface area contributed by atoms with Crippen LogP contribution in [0.2, 0.25) is 15.1 Å². The van der Waals surface area contributed by atoms with Crippen molar-refractivity contribution in [3.63, 3.8) is 0 Å². The van der Waals surface area contributed by atoms with Crippen molar-refractivity contribution in [2.75, 3.05) is 0 Å². The van der Waals surface area contributed by atoms with Crippen LogP contribution in [0.15, 0.2) is 59.1 Å². The van der Waals surface area contributed by atoms with E-state index in [9.17, 15) is 9.18 Å². The molecule has 4 aromatic rings. The van der Waals surface area contributed by atoms with E-state index in [4.69, 9.17) is 49.2 Å². The summed E-state index contributed by atoms with van der Waals surface area (Å²) in [5, 5.41) is 14.6. The Balaban J connectivity index is 1.37. The summed E-state index contributed by atoms with van der Waals surface area (Å²) < 4.78 is 25.3. The van der Waals surface area contributed by atoms with E-state index in [0.717, 1.165) is 30.2 Å². The fourth-order valence-electron chi connectivity index (χ4n) is 3.80. The van der Waals surface area contributed by atoms with Gasteiger partial charge >= 0.3 is 5.97 Å². The smallest absolute Gasteiger partial charge is 0.338 e. The molecule has 1 aromatic heterocycles. The molecule has 9 heteroatoms. The molecule has 5 rings (SSSR count). The maximum atomic E-state index is 13.6. The number of benzene rings is 3. The van der Waals surface area contributed by atoms with Gasteiger partial charge in [0, 0.05) is 28.7 Å². The third-order valence-electron chi connectivity index (χ3n) is 5.83. The number of halogens is 4. The van der Waals surface area contributed by atoms with E-state index in [2.05, 4.69) is 17.0 Å². The van der Waals surface area contributed by atoms with Gasteiger partial charge in [0.05, 0.1) is 26.2 Å². The van der Waals surface area contributed by atoms with Crippen molar-refractivity contribution in [3.05, 3.63) is 103 Å². The van der Waals surface area contributed by atoms with Crippen LogP contribution in [0.25, 0.3) is 11.3 Å². The summed E-state index contributed by atoms with van der Waals surface area (Å²) in [5.74, 6) is 5.06. The molecule has 1 aliphatic carbocycles. The first kappa shape index (κ1) is 25.2. The van der Waals surface area contributed by atoms with Crippen LogP contribution in [0.1, 0.15) is 51.6 Å². The SMILES string of the molecule is O=C(O)c1cc(C#Cc2ccc(OCc3c(-c4c(Cl)cccc4Cl)noc3C3CC3)cc2Cl)ccc1F. The van der Waals surface area contributed by atoms with E-state index in [1.165, 1.54) is 12.1 Å². The molecule has 3 aromatic carbocycles. The van der Waals surface area contributed by atoms with Crippen LogP contribution in [0.4, 0.5) is 4.39 Å². The average Bonchev–Trinajstić information content (AvgIpc) is 3.63. The molecule has 0 radical (unpaired) electrons. The lowest BCUT2D eigenvalue weighted by atomic mass is 10.0. The number of aromatic nitrogens is 1. The quantitative estimate of drug-likeness (QED) is 0.244. The van der Waals surface area contributed by atoms with Gasteiger partial charge in [-0.1, -0.05) is 57.9 Å². The van der Waals surface area contributed by atoms with Crippen LogP contribution in [0, 0.1) is 17.7 Å². The number of carbonyl (C=O) groups is 1. The molecule has 0 unspecified atom stereocenters. The highest BCUT2D eigenvalue weighted by Crippen LogP contribution is 2.46. The van der Waals surface area contributed by atoms with Crippen LogP contribution in [-0.2, 0) is 6.61 Å². The zero-order valence-electron chi connectivity index (χ0n) is 19.0. The van der Waals surface area contributed by atoms with Gasteiger partial charge in [-0.25, -0.2) is 9.18 Å². The van der Waals surface area contributed by atoms with Crippen molar-refractivity contribution in [3.8, 4) is 28.8 Å². The van der Waals surface area contributed by atoms with Gasteiger partial charge in [0.25, 0.3) is 0 Å². The molecular weight excluding hydrogens is 540 g/mol.